The lowest BCUT2D eigenvalue weighted by molar-refractivity contribution is -0.135. The first-order chi connectivity index (χ1) is 12.1. The van der Waals surface area contributed by atoms with Crippen molar-refractivity contribution in [2.24, 2.45) is 4.99 Å². The smallest absolute Gasteiger partial charge is 0.331 e. The van der Waals surface area contributed by atoms with Crippen LogP contribution in [-0.2, 0) is 20.9 Å². The molecule has 0 atom stereocenters. The van der Waals surface area contributed by atoms with Crippen molar-refractivity contribution in [3.8, 4) is 0 Å². The number of amidine groups is 1. The number of H-pyrrole nitrogens is 1. The van der Waals surface area contributed by atoms with E-state index < -0.39 is 5.97 Å². The van der Waals surface area contributed by atoms with Gasteiger partial charge >= 0.3 is 5.97 Å². The molecule has 7 nitrogen and oxygen atoms in total. The highest BCUT2D eigenvalue weighted by Gasteiger charge is 2.34. The molecular formula is C17H16N4O3S. The zero-order valence-electron chi connectivity index (χ0n) is 13.7. The summed E-state index contributed by atoms with van der Waals surface area (Å²) in [7, 11) is 1.27. The fourth-order valence-corrected chi connectivity index (χ4v) is 3.17. The number of ether oxygens (including phenoxy) is 1. The molecule has 128 valence electrons. The maximum atomic E-state index is 12.7. The van der Waals surface area contributed by atoms with Gasteiger partial charge in [-0.15, -0.1) is 0 Å². The molecule has 0 bridgehead atoms. The average molecular weight is 356 g/mol. The van der Waals surface area contributed by atoms with E-state index in [9.17, 15) is 9.59 Å². The SMILES string of the molecule is COC(=O)/C=C1\SC(=Nc2cc(C)[nH]n2)N(Cc2ccccc2)C1=O. The Hall–Kier alpha value is -2.87. The van der Waals surface area contributed by atoms with Crippen LogP contribution in [-0.4, -0.2) is 39.3 Å². The molecular weight excluding hydrogens is 340 g/mol. The Morgan fingerprint density at radius 1 is 1.40 bits per heavy atom. The Bertz CT molecular complexity index is 858. The molecule has 1 amide bonds. The molecule has 0 aliphatic carbocycles. The summed E-state index contributed by atoms with van der Waals surface area (Å²) in [5.74, 6) is -0.386. The number of carbonyl (C=O) groups excluding carboxylic acids is 2. The minimum atomic E-state index is -0.577. The van der Waals surface area contributed by atoms with E-state index in [2.05, 4.69) is 19.9 Å². The summed E-state index contributed by atoms with van der Waals surface area (Å²) in [5.41, 5.74) is 1.83. The normalized spacial score (nSPS) is 17.5. The number of aromatic nitrogens is 2. The molecule has 0 saturated carbocycles. The van der Waals surface area contributed by atoms with Gasteiger partial charge in [-0.1, -0.05) is 30.3 Å². The first-order valence-corrected chi connectivity index (χ1v) is 8.32. The minimum absolute atomic E-state index is 0.272. The van der Waals surface area contributed by atoms with Gasteiger partial charge in [-0.3, -0.25) is 14.8 Å². The van der Waals surface area contributed by atoms with Gasteiger partial charge in [0, 0.05) is 17.8 Å². The van der Waals surface area contributed by atoms with Gasteiger partial charge < -0.3 is 4.74 Å². The van der Waals surface area contributed by atoms with Crippen LogP contribution in [0.4, 0.5) is 5.82 Å². The molecule has 0 spiro atoms. The van der Waals surface area contributed by atoms with E-state index >= 15 is 0 Å². The fraction of sp³-hybridized carbons (Fsp3) is 0.176. The van der Waals surface area contributed by atoms with Crippen LogP contribution in [0.3, 0.4) is 0 Å². The Kier molecular flexibility index (Phi) is 4.99. The zero-order valence-corrected chi connectivity index (χ0v) is 14.5. The molecule has 0 unspecified atom stereocenters. The Morgan fingerprint density at radius 3 is 2.80 bits per heavy atom. The van der Waals surface area contributed by atoms with Crippen LogP contribution in [0.2, 0.25) is 0 Å². The number of hydrogen-bond acceptors (Lipinski definition) is 6. The first kappa shape index (κ1) is 17.0. The molecule has 1 aliphatic heterocycles. The van der Waals surface area contributed by atoms with E-state index in [4.69, 9.17) is 0 Å². The van der Waals surface area contributed by atoms with E-state index in [1.165, 1.54) is 18.1 Å². The largest absolute Gasteiger partial charge is 0.466 e. The van der Waals surface area contributed by atoms with E-state index in [0.29, 0.717) is 17.5 Å². The standard InChI is InChI=1S/C17H16N4O3S/c1-11-8-14(20-19-11)18-17-21(10-12-6-4-3-5-7-12)16(23)13(25-17)9-15(22)24-2/h3-9H,10H2,1-2H3,(H,19,20)/b13-9-,18-17?. The summed E-state index contributed by atoms with van der Waals surface area (Å²) in [6.45, 7) is 2.22. The number of benzene rings is 1. The number of hydrogen-bond donors (Lipinski definition) is 1. The molecule has 25 heavy (non-hydrogen) atoms. The Balaban J connectivity index is 1.94. The third kappa shape index (κ3) is 3.97. The molecule has 1 aromatic heterocycles. The summed E-state index contributed by atoms with van der Waals surface area (Å²) < 4.78 is 4.61. The molecule has 8 heteroatoms. The number of nitrogens with one attached hydrogen (secondary N) is 1. The number of aliphatic imine (C=N–C) groups is 1. The lowest BCUT2D eigenvalue weighted by Crippen LogP contribution is -2.28. The molecule has 0 radical (unpaired) electrons. The number of aryl methyl sites for hydroxylation is 1. The molecule has 1 fully saturated rings. The number of methoxy groups -OCH3 is 1. The Morgan fingerprint density at radius 2 is 2.16 bits per heavy atom. The highest BCUT2D eigenvalue weighted by molar-refractivity contribution is 8.18. The van der Waals surface area contributed by atoms with E-state index in [0.717, 1.165) is 23.0 Å². The van der Waals surface area contributed by atoms with Crippen LogP contribution in [0.1, 0.15) is 11.3 Å². The molecule has 2 aromatic rings. The lowest BCUT2D eigenvalue weighted by atomic mass is 10.2. The zero-order chi connectivity index (χ0) is 17.8. The highest BCUT2D eigenvalue weighted by Crippen LogP contribution is 2.33. The predicted molar refractivity (Wildman–Crippen MR) is 95.1 cm³/mol. The second kappa shape index (κ2) is 7.35. The molecule has 1 aliphatic rings. The van der Waals surface area contributed by atoms with Crippen LogP contribution < -0.4 is 0 Å². The van der Waals surface area contributed by atoms with Gasteiger partial charge in [-0.25, -0.2) is 9.79 Å². The van der Waals surface area contributed by atoms with Crippen LogP contribution >= 0.6 is 11.8 Å². The van der Waals surface area contributed by atoms with Gasteiger partial charge in [-0.2, -0.15) is 5.10 Å². The summed E-state index contributed by atoms with van der Waals surface area (Å²) in [4.78, 5) is 30.4. The van der Waals surface area contributed by atoms with Gasteiger partial charge in [-0.05, 0) is 24.2 Å². The average Bonchev–Trinajstić information content (AvgIpc) is 3.14. The fourth-order valence-electron chi connectivity index (χ4n) is 2.22. The van der Waals surface area contributed by atoms with E-state index in [1.54, 1.807) is 6.07 Å². The third-order valence-corrected chi connectivity index (χ3v) is 4.43. The van der Waals surface area contributed by atoms with Gasteiger partial charge in [0.15, 0.2) is 11.0 Å². The van der Waals surface area contributed by atoms with Gasteiger partial charge in [0.05, 0.1) is 18.6 Å². The first-order valence-electron chi connectivity index (χ1n) is 7.51. The quantitative estimate of drug-likeness (QED) is 0.672. The number of carbonyl (C=O) groups is 2. The number of esters is 1. The number of amides is 1. The predicted octanol–water partition coefficient (Wildman–Crippen LogP) is 2.54. The van der Waals surface area contributed by atoms with Crippen LogP contribution in [0, 0.1) is 6.92 Å². The minimum Gasteiger partial charge on any atom is -0.466 e. The molecule has 2 heterocycles. The van der Waals surface area contributed by atoms with E-state index in [-0.39, 0.29) is 10.8 Å². The molecule has 1 N–H and O–H groups in total. The second-order valence-corrected chi connectivity index (χ2v) is 6.32. The molecule has 3 rings (SSSR count). The maximum Gasteiger partial charge on any atom is 0.331 e. The van der Waals surface area contributed by atoms with Crippen molar-refractivity contribution in [1.82, 2.24) is 15.1 Å². The second-order valence-electron chi connectivity index (χ2n) is 5.31. The number of nitrogens with zero attached hydrogens (tertiary/aromatic N) is 3. The van der Waals surface area contributed by atoms with Gasteiger partial charge in [0.1, 0.15) is 0 Å². The van der Waals surface area contributed by atoms with E-state index in [1.807, 2.05) is 37.3 Å². The number of aromatic amines is 1. The summed E-state index contributed by atoms with van der Waals surface area (Å²) >= 11 is 1.13. The third-order valence-electron chi connectivity index (χ3n) is 3.42. The topological polar surface area (TPSA) is 87.7 Å². The molecule has 1 saturated heterocycles. The maximum absolute atomic E-state index is 12.7. The van der Waals surface area contributed by atoms with Crippen LogP contribution in [0.5, 0.6) is 0 Å². The van der Waals surface area contributed by atoms with Crippen molar-refractivity contribution < 1.29 is 14.3 Å². The Labute approximate surface area is 148 Å². The van der Waals surface area contributed by atoms with Crippen molar-refractivity contribution in [3.05, 3.63) is 58.6 Å². The van der Waals surface area contributed by atoms with Crippen molar-refractivity contribution in [1.29, 1.82) is 0 Å². The molecule has 1 aromatic carbocycles. The van der Waals surface area contributed by atoms with Crippen molar-refractivity contribution >= 4 is 34.6 Å². The summed E-state index contributed by atoms with van der Waals surface area (Å²) in [6, 6.07) is 11.4. The lowest BCUT2D eigenvalue weighted by Gasteiger charge is -2.15. The monoisotopic (exact) mass is 356 g/mol. The van der Waals surface area contributed by atoms with Gasteiger partial charge in [0.2, 0.25) is 0 Å². The number of thioether (sulfide) groups is 1. The van der Waals surface area contributed by atoms with Crippen LogP contribution in [0.15, 0.2) is 52.4 Å². The van der Waals surface area contributed by atoms with Crippen molar-refractivity contribution in [3.63, 3.8) is 0 Å². The summed E-state index contributed by atoms with van der Waals surface area (Å²) in [5, 5.41) is 7.35. The summed E-state index contributed by atoms with van der Waals surface area (Å²) in [6.07, 6.45) is 1.18. The highest BCUT2D eigenvalue weighted by atomic mass is 32.2. The van der Waals surface area contributed by atoms with Crippen LogP contribution in [0.25, 0.3) is 0 Å². The van der Waals surface area contributed by atoms with Crippen molar-refractivity contribution in [2.45, 2.75) is 13.5 Å². The van der Waals surface area contributed by atoms with Gasteiger partial charge in [0.25, 0.3) is 5.91 Å². The number of rotatable bonds is 4. The van der Waals surface area contributed by atoms with Crippen molar-refractivity contribution in [2.75, 3.05) is 7.11 Å².